The van der Waals surface area contributed by atoms with Crippen LogP contribution in [0.25, 0.3) is 16.8 Å². The Bertz CT molecular complexity index is 1540. The molecule has 4 N–H and O–H groups in total. The number of hydrogen-bond donors (Lipinski definition) is 3. The highest BCUT2D eigenvalue weighted by Gasteiger charge is 2.23. The second-order valence-corrected chi connectivity index (χ2v) is 9.97. The number of carbonyl (C=O) groups excluding carboxylic acids is 2. The summed E-state index contributed by atoms with van der Waals surface area (Å²) in [7, 11) is 3.08. The van der Waals surface area contributed by atoms with Crippen molar-refractivity contribution in [2.45, 2.75) is 13.8 Å². The number of amides is 2. The summed E-state index contributed by atoms with van der Waals surface area (Å²) in [5, 5.41) is 5.99. The van der Waals surface area contributed by atoms with Crippen molar-refractivity contribution in [3.8, 4) is 11.3 Å². The van der Waals surface area contributed by atoms with E-state index < -0.39 is 17.5 Å². The van der Waals surface area contributed by atoms with Gasteiger partial charge in [-0.1, -0.05) is 6.07 Å². The number of aliphatic imine (C=N–C) groups is 1. The number of nitrogens with one attached hydrogen (secondary N) is 2. The molecular formula is C30H35F2N7O3. The summed E-state index contributed by atoms with van der Waals surface area (Å²) in [5.41, 5.74) is 8.34. The Labute approximate surface area is 243 Å². The molecule has 2 aromatic carbocycles. The average Bonchev–Trinajstić information content (AvgIpc) is 3.36. The van der Waals surface area contributed by atoms with Crippen LogP contribution < -0.4 is 16.4 Å². The highest BCUT2D eigenvalue weighted by Crippen LogP contribution is 2.30. The lowest BCUT2D eigenvalue weighted by molar-refractivity contribution is 0.0735. The Morgan fingerprint density at radius 2 is 1.88 bits per heavy atom. The summed E-state index contributed by atoms with van der Waals surface area (Å²) in [6.07, 6.45) is 2.71. The Hall–Kier alpha value is -4.42. The third-order valence-corrected chi connectivity index (χ3v) is 7.03. The first-order chi connectivity index (χ1) is 20.1. The van der Waals surface area contributed by atoms with Crippen LogP contribution in [-0.4, -0.2) is 78.9 Å². The van der Waals surface area contributed by atoms with E-state index in [1.807, 2.05) is 6.92 Å². The van der Waals surface area contributed by atoms with Crippen molar-refractivity contribution in [2.75, 3.05) is 51.8 Å². The van der Waals surface area contributed by atoms with Crippen LogP contribution >= 0.6 is 0 Å². The standard InChI is InChI=1S/C30H35F2N7O3/c1-18-15-20(5-6-21(18)30(41)39-12-9-34-10-13-39)37-29(40)28-36-17-25(38(28)3)23-8-7-22(26(31)27(23)32)24(19(2)33)16-35-11-14-42-4/h5-8,15-17,34H,9-14,33H2,1-4H3,(H,37,40)/b24-19+,35-16?. The molecule has 1 aromatic heterocycles. The number of nitrogens with two attached hydrogens (primary N) is 1. The number of piperazine rings is 1. The van der Waals surface area contributed by atoms with E-state index in [-0.39, 0.29) is 39.8 Å². The molecule has 0 unspecified atom stereocenters. The maximum Gasteiger partial charge on any atom is 0.291 e. The summed E-state index contributed by atoms with van der Waals surface area (Å²) in [5.74, 6) is -2.80. The van der Waals surface area contributed by atoms with Gasteiger partial charge in [0.1, 0.15) is 0 Å². The highest BCUT2D eigenvalue weighted by atomic mass is 19.2. The number of methoxy groups -OCH3 is 1. The van der Waals surface area contributed by atoms with Gasteiger partial charge in [0.25, 0.3) is 11.8 Å². The molecule has 1 fully saturated rings. The largest absolute Gasteiger partial charge is 0.402 e. The molecule has 1 aliphatic rings. The molecule has 0 atom stereocenters. The molecule has 0 saturated carbocycles. The monoisotopic (exact) mass is 579 g/mol. The number of hydrogen-bond acceptors (Lipinski definition) is 7. The molecule has 0 aliphatic carbocycles. The van der Waals surface area contributed by atoms with E-state index in [0.29, 0.717) is 37.5 Å². The van der Waals surface area contributed by atoms with Gasteiger partial charge in [0.15, 0.2) is 17.5 Å². The van der Waals surface area contributed by atoms with E-state index in [9.17, 15) is 9.59 Å². The summed E-state index contributed by atoms with van der Waals surface area (Å²) in [4.78, 5) is 36.1. The molecule has 42 heavy (non-hydrogen) atoms. The molecular weight excluding hydrogens is 544 g/mol. The van der Waals surface area contributed by atoms with Crippen molar-refractivity contribution in [1.82, 2.24) is 19.8 Å². The van der Waals surface area contributed by atoms with Gasteiger partial charge in [-0.05, 0) is 43.7 Å². The SMILES string of the molecule is COCCN=C/C(=C(/C)N)c1ccc(-c2cnc(C(=O)Nc3ccc(C(=O)N4CCNCC4)c(C)c3)n2C)c(F)c1F. The van der Waals surface area contributed by atoms with Gasteiger partial charge in [0.05, 0.1) is 25.0 Å². The maximum absolute atomic E-state index is 15.4. The highest BCUT2D eigenvalue weighted by molar-refractivity contribution is 6.11. The molecule has 2 amide bonds. The number of aryl methyl sites for hydroxylation is 1. The van der Waals surface area contributed by atoms with Gasteiger partial charge in [-0.3, -0.25) is 14.6 Å². The number of allylic oxidation sites excluding steroid dienone is 2. The van der Waals surface area contributed by atoms with E-state index >= 15 is 8.78 Å². The Morgan fingerprint density at radius 1 is 1.17 bits per heavy atom. The minimum absolute atomic E-state index is 0.00355. The molecule has 222 valence electrons. The maximum atomic E-state index is 15.4. The zero-order valence-corrected chi connectivity index (χ0v) is 24.1. The van der Waals surface area contributed by atoms with Crippen molar-refractivity contribution in [3.63, 3.8) is 0 Å². The van der Waals surface area contributed by atoms with Crippen LogP contribution in [0.2, 0.25) is 0 Å². The second-order valence-electron chi connectivity index (χ2n) is 9.97. The van der Waals surface area contributed by atoms with Crippen molar-refractivity contribution in [3.05, 3.63) is 76.4 Å². The Morgan fingerprint density at radius 3 is 2.55 bits per heavy atom. The number of aromatic nitrogens is 2. The molecule has 0 radical (unpaired) electrons. The Kier molecular flexibility index (Phi) is 9.81. The quantitative estimate of drug-likeness (QED) is 0.264. The van der Waals surface area contributed by atoms with Gasteiger partial charge in [0, 0.05) is 80.2 Å². The molecule has 2 heterocycles. The van der Waals surface area contributed by atoms with Crippen LogP contribution in [0.15, 0.2) is 47.2 Å². The van der Waals surface area contributed by atoms with Gasteiger partial charge in [-0.2, -0.15) is 0 Å². The fourth-order valence-electron chi connectivity index (χ4n) is 4.72. The number of benzene rings is 2. The van der Waals surface area contributed by atoms with E-state index in [2.05, 4.69) is 20.6 Å². The predicted molar refractivity (Wildman–Crippen MR) is 158 cm³/mol. The summed E-state index contributed by atoms with van der Waals surface area (Å²) in [6.45, 7) is 6.88. The first-order valence-corrected chi connectivity index (χ1v) is 13.5. The number of nitrogens with zero attached hydrogens (tertiary/aromatic N) is 4. The summed E-state index contributed by atoms with van der Waals surface area (Å²) in [6, 6.07) is 7.89. The van der Waals surface area contributed by atoms with Gasteiger partial charge < -0.3 is 30.6 Å². The lowest BCUT2D eigenvalue weighted by Gasteiger charge is -2.28. The van der Waals surface area contributed by atoms with Crippen LogP contribution in [0, 0.1) is 18.6 Å². The van der Waals surface area contributed by atoms with Gasteiger partial charge >= 0.3 is 0 Å². The van der Waals surface area contributed by atoms with Crippen molar-refractivity contribution in [2.24, 2.45) is 17.8 Å². The van der Waals surface area contributed by atoms with Crippen LogP contribution in [0.3, 0.4) is 0 Å². The van der Waals surface area contributed by atoms with Crippen molar-refractivity contribution < 1.29 is 23.1 Å². The molecule has 0 spiro atoms. The smallest absolute Gasteiger partial charge is 0.291 e. The third kappa shape index (κ3) is 6.55. The van der Waals surface area contributed by atoms with Gasteiger partial charge in [-0.15, -0.1) is 0 Å². The number of rotatable bonds is 9. The minimum atomic E-state index is -1.10. The minimum Gasteiger partial charge on any atom is -0.402 e. The fraction of sp³-hybridized carbons (Fsp3) is 0.333. The predicted octanol–water partition coefficient (Wildman–Crippen LogP) is 3.38. The molecule has 4 rings (SSSR count). The molecule has 1 saturated heterocycles. The second kappa shape index (κ2) is 13.5. The van der Waals surface area contributed by atoms with Crippen molar-refractivity contribution >= 4 is 29.3 Å². The first kappa shape index (κ1) is 30.5. The van der Waals surface area contributed by atoms with Gasteiger partial charge in [-0.25, -0.2) is 13.8 Å². The normalized spacial score (nSPS) is 14.3. The van der Waals surface area contributed by atoms with E-state index in [4.69, 9.17) is 10.5 Å². The fourth-order valence-corrected chi connectivity index (χ4v) is 4.72. The summed E-state index contributed by atoms with van der Waals surface area (Å²) >= 11 is 0. The number of halogens is 2. The van der Waals surface area contributed by atoms with Crippen LogP contribution in [-0.2, 0) is 11.8 Å². The van der Waals surface area contributed by atoms with Gasteiger partial charge in [0.2, 0.25) is 0 Å². The number of carbonyl (C=O) groups is 2. The number of imidazole rings is 1. The molecule has 10 nitrogen and oxygen atoms in total. The lowest BCUT2D eigenvalue weighted by atomic mass is 10.0. The van der Waals surface area contributed by atoms with Crippen molar-refractivity contribution in [1.29, 1.82) is 0 Å². The van der Waals surface area contributed by atoms with Crippen LogP contribution in [0.5, 0.6) is 0 Å². The molecule has 3 aromatic rings. The van der Waals surface area contributed by atoms with E-state index in [0.717, 1.165) is 18.7 Å². The Balaban J connectivity index is 1.54. The van der Waals surface area contributed by atoms with Crippen LogP contribution in [0.1, 0.15) is 39.0 Å². The molecule has 12 heteroatoms. The number of ether oxygens (including phenoxy) is 1. The van der Waals surface area contributed by atoms with Crippen LogP contribution in [0.4, 0.5) is 14.5 Å². The zero-order valence-electron chi connectivity index (χ0n) is 24.1. The van der Waals surface area contributed by atoms with E-state index in [1.54, 1.807) is 44.2 Å². The zero-order chi connectivity index (χ0) is 30.4. The molecule has 0 bridgehead atoms. The van der Waals surface area contributed by atoms with E-state index in [1.165, 1.54) is 29.1 Å². The lowest BCUT2D eigenvalue weighted by Crippen LogP contribution is -2.46. The third-order valence-electron chi connectivity index (χ3n) is 7.03. The first-order valence-electron chi connectivity index (χ1n) is 13.5. The summed E-state index contributed by atoms with van der Waals surface area (Å²) < 4.78 is 37.0. The topological polar surface area (TPSA) is 127 Å². The number of anilines is 1. The molecule has 1 aliphatic heterocycles. The average molecular weight is 580 g/mol.